The molecule has 2 heterocycles. The number of aromatic nitrogens is 1. The Kier molecular flexibility index (Phi) is 3.96. The second-order valence-electron chi connectivity index (χ2n) is 4.77. The highest BCUT2D eigenvalue weighted by Gasteiger charge is 2.17. The Bertz CT molecular complexity index is 316. The van der Waals surface area contributed by atoms with Gasteiger partial charge in [0.25, 0.3) is 0 Å². The van der Waals surface area contributed by atoms with E-state index in [-0.39, 0.29) is 0 Å². The molecule has 0 amide bonds. The van der Waals surface area contributed by atoms with Gasteiger partial charge in [-0.05, 0) is 38.9 Å². The topological polar surface area (TPSA) is 41.3 Å². The molecule has 0 aromatic carbocycles. The molecule has 1 N–H and O–H groups in total. The molecule has 1 aromatic heterocycles. The van der Waals surface area contributed by atoms with Gasteiger partial charge in [-0.25, -0.2) is 0 Å². The molecular formula is C12H21N3O. The zero-order chi connectivity index (χ0) is 11.4. The highest BCUT2D eigenvalue weighted by Crippen LogP contribution is 2.18. The maximum Gasteiger partial charge on any atom is 0.151 e. The summed E-state index contributed by atoms with van der Waals surface area (Å²) in [6.45, 7) is 6.38. The first-order valence-electron chi connectivity index (χ1n) is 6.09. The van der Waals surface area contributed by atoms with Gasteiger partial charge in [0.2, 0.25) is 0 Å². The summed E-state index contributed by atoms with van der Waals surface area (Å²) < 4.78 is 5.32. The third kappa shape index (κ3) is 3.06. The molecule has 1 aromatic rings. The Balaban J connectivity index is 1.83. The molecule has 4 nitrogen and oxygen atoms in total. The van der Waals surface area contributed by atoms with Crippen LogP contribution in [0.2, 0.25) is 0 Å². The predicted octanol–water partition coefficient (Wildman–Crippen LogP) is 1.63. The number of nitrogens with zero attached hydrogens (tertiary/aromatic N) is 2. The number of hydrogen-bond acceptors (Lipinski definition) is 4. The van der Waals surface area contributed by atoms with Crippen LogP contribution < -0.4 is 5.32 Å². The minimum absolute atomic E-state index is 0.778. The van der Waals surface area contributed by atoms with Crippen LogP contribution in [0.3, 0.4) is 0 Å². The summed E-state index contributed by atoms with van der Waals surface area (Å²) in [6, 6.07) is 2.05. The molecule has 0 saturated carbocycles. The van der Waals surface area contributed by atoms with Crippen molar-refractivity contribution in [3.63, 3.8) is 0 Å². The van der Waals surface area contributed by atoms with Gasteiger partial charge >= 0.3 is 0 Å². The second kappa shape index (κ2) is 5.46. The zero-order valence-electron chi connectivity index (χ0n) is 10.2. The number of likely N-dealkylation sites (tertiary alicyclic amines) is 1. The normalized spacial score (nSPS) is 19.1. The van der Waals surface area contributed by atoms with Gasteiger partial charge in [0.1, 0.15) is 0 Å². The fraction of sp³-hybridized carbons (Fsp3) is 0.750. The van der Waals surface area contributed by atoms with Gasteiger partial charge in [-0.15, -0.1) is 0 Å². The molecular weight excluding hydrogens is 202 g/mol. The molecule has 2 rings (SSSR count). The van der Waals surface area contributed by atoms with Crippen LogP contribution in [0.1, 0.15) is 31.2 Å². The fourth-order valence-electron chi connectivity index (χ4n) is 2.14. The first-order valence-corrected chi connectivity index (χ1v) is 6.09. The fourth-order valence-corrected chi connectivity index (χ4v) is 2.14. The van der Waals surface area contributed by atoms with E-state index in [4.69, 9.17) is 4.52 Å². The van der Waals surface area contributed by atoms with E-state index in [2.05, 4.69) is 28.4 Å². The Hall–Kier alpha value is -0.870. The summed E-state index contributed by atoms with van der Waals surface area (Å²) in [6.07, 6.45) is 2.61. The molecule has 0 spiro atoms. The third-order valence-corrected chi connectivity index (χ3v) is 3.22. The van der Waals surface area contributed by atoms with Crippen LogP contribution in [0, 0.1) is 5.92 Å². The van der Waals surface area contributed by atoms with E-state index in [1.54, 1.807) is 0 Å². The number of piperidine rings is 1. The largest absolute Gasteiger partial charge is 0.360 e. The maximum absolute atomic E-state index is 5.32. The van der Waals surface area contributed by atoms with E-state index in [0.717, 1.165) is 30.5 Å². The molecule has 1 fully saturated rings. The molecule has 90 valence electrons. The maximum atomic E-state index is 5.32. The van der Waals surface area contributed by atoms with Crippen LogP contribution in [0.4, 0.5) is 0 Å². The van der Waals surface area contributed by atoms with Crippen LogP contribution in [0.15, 0.2) is 10.6 Å². The number of rotatable bonds is 4. The average Bonchev–Trinajstić information content (AvgIpc) is 2.70. The zero-order valence-corrected chi connectivity index (χ0v) is 10.2. The van der Waals surface area contributed by atoms with Crippen LogP contribution in [-0.4, -0.2) is 30.2 Å². The third-order valence-electron chi connectivity index (χ3n) is 3.22. The molecule has 4 heteroatoms. The van der Waals surface area contributed by atoms with Gasteiger partial charge in [-0.3, -0.25) is 4.90 Å². The van der Waals surface area contributed by atoms with E-state index >= 15 is 0 Å². The van der Waals surface area contributed by atoms with E-state index < -0.39 is 0 Å². The summed E-state index contributed by atoms with van der Waals surface area (Å²) in [5.41, 5.74) is 0.989. The summed E-state index contributed by atoms with van der Waals surface area (Å²) in [4.78, 5) is 2.45. The molecule has 1 aliphatic heterocycles. The summed E-state index contributed by atoms with van der Waals surface area (Å²) in [7, 11) is 1.92. The van der Waals surface area contributed by atoms with Crippen molar-refractivity contribution in [2.75, 3.05) is 20.1 Å². The minimum atomic E-state index is 0.778. The lowest BCUT2D eigenvalue weighted by Crippen LogP contribution is -2.32. The van der Waals surface area contributed by atoms with Crippen LogP contribution >= 0.6 is 0 Å². The monoisotopic (exact) mass is 223 g/mol. The molecule has 1 aliphatic rings. The van der Waals surface area contributed by atoms with Crippen molar-refractivity contribution in [3.05, 3.63) is 17.5 Å². The van der Waals surface area contributed by atoms with Crippen molar-refractivity contribution in [2.24, 2.45) is 5.92 Å². The highest BCUT2D eigenvalue weighted by atomic mass is 16.5. The first-order chi connectivity index (χ1) is 7.78. The molecule has 16 heavy (non-hydrogen) atoms. The van der Waals surface area contributed by atoms with Crippen molar-refractivity contribution in [1.82, 2.24) is 15.4 Å². The lowest BCUT2D eigenvalue weighted by molar-refractivity contribution is 0.168. The Morgan fingerprint density at radius 2 is 2.25 bits per heavy atom. The van der Waals surface area contributed by atoms with Crippen molar-refractivity contribution < 1.29 is 4.52 Å². The molecule has 0 unspecified atom stereocenters. The molecule has 0 bridgehead atoms. The van der Waals surface area contributed by atoms with Crippen molar-refractivity contribution in [3.8, 4) is 0 Å². The Morgan fingerprint density at radius 3 is 2.94 bits per heavy atom. The minimum Gasteiger partial charge on any atom is -0.360 e. The summed E-state index contributed by atoms with van der Waals surface area (Å²) in [5.74, 6) is 1.87. The van der Waals surface area contributed by atoms with E-state index in [1.807, 2.05) is 7.05 Å². The molecule has 0 radical (unpaired) electrons. The van der Waals surface area contributed by atoms with E-state index in [9.17, 15) is 0 Å². The van der Waals surface area contributed by atoms with Crippen LogP contribution in [0.25, 0.3) is 0 Å². The molecule has 0 aliphatic carbocycles. The van der Waals surface area contributed by atoms with Crippen LogP contribution in [-0.2, 0) is 13.1 Å². The molecule has 0 atom stereocenters. The quantitative estimate of drug-likeness (QED) is 0.842. The lowest BCUT2D eigenvalue weighted by Gasteiger charge is -2.29. The molecule has 1 saturated heterocycles. The van der Waals surface area contributed by atoms with Gasteiger partial charge in [-0.2, -0.15) is 0 Å². The van der Waals surface area contributed by atoms with Gasteiger partial charge in [0.05, 0.1) is 12.2 Å². The number of nitrogens with one attached hydrogen (secondary N) is 1. The van der Waals surface area contributed by atoms with Gasteiger partial charge < -0.3 is 9.84 Å². The predicted molar refractivity (Wildman–Crippen MR) is 62.9 cm³/mol. The SMILES string of the molecule is CNCc1cc(CN2CCC(C)CC2)on1. The highest BCUT2D eigenvalue weighted by molar-refractivity contribution is 5.05. The Labute approximate surface area is 97.0 Å². The summed E-state index contributed by atoms with van der Waals surface area (Å²) in [5, 5.41) is 7.09. The Morgan fingerprint density at radius 1 is 1.50 bits per heavy atom. The van der Waals surface area contributed by atoms with E-state index in [1.165, 1.54) is 25.9 Å². The number of hydrogen-bond donors (Lipinski definition) is 1. The van der Waals surface area contributed by atoms with Gasteiger partial charge in [0, 0.05) is 12.6 Å². The van der Waals surface area contributed by atoms with Crippen molar-refractivity contribution >= 4 is 0 Å². The van der Waals surface area contributed by atoms with Gasteiger partial charge in [-0.1, -0.05) is 12.1 Å². The second-order valence-corrected chi connectivity index (χ2v) is 4.77. The lowest BCUT2D eigenvalue weighted by atomic mass is 9.99. The smallest absolute Gasteiger partial charge is 0.151 e. The van der Waals surface area contributed by atoms with Crippen LogP contribution in [0.5, 0.6) is 0 Å². The average molecular weight is 223 g/mol. The van der Waals surface area contributed by atoms with Crippen molar-refractivity contribution in [2.45, 2.75) is 32.9 Å². The first kappa shape index (κ1) is 11.6. The summed E-state index contributed by atoms with van der Waals surface area (Å²) >= 11 is 0. The van der Waals surface area contributed by atoms with Gasteiger partial charge in [0.15, 0.2) is 5.76 Å². The van der Waals surface area contributed by atoms with E-state index in [0.29, 0.717) is 0 Å². The standard InChI is InChI=1S/C12H21N3O/c1-10-3-5-15(6-4-10)9-12-7-11(8-13-2)14-16-12/h7,10,13H,3-6,8-9H2,1-2H3. The van der Waals surface area contributed by atoms with Crippen molar-refractivity contribution in [1.29, 1.82) is 0 Å².